The van der Waals surface area contributed by atoms with Gasteiger partial charge in [-0.15, -0.1) is 0 Å². The van der Waals surface area contributed by atoms with Crippen LogP contribution in [0.25, 0.3) is 0 Å². The second kappa shape index (κ2) is 6.23. The van der Waals surface area contributed by atoms with Crippen LogP contribution in [0.2, 0.25) is 0 Å². The van der Waals surface area contributed by atoms with Gasteiger partial charge in [0.05, 0.1) is 14.2 Å². The quantitative estimate of drug-likeness (QED) is 0.759. The average Bonchev–Trinajstić information content (AvgIpc) is 2.95. The summed E-state index contributed by atoms with van der Waals surface area (Å²) in [6.45, 7) is 2.71. The number of benzene rings is 1. The number of aromatic nitrogens is 2. The third-order valence-corrected chi connectivity index (χ3v) is 3.12. The number of hydrogen-bond donors (Lipinski definition) is 0. The van der Waals surface area contributed by atoms with Crippen molar-refractivity contribution in [1.29, 1.82) is 0 Å². The van der Waals surface area contributed by atoms with Gasteiger partial charge in [-0.25, -0.2) is 4.98 Å². The van der Waals surface area contributed by atoms with Crippen molar-refractivity contribution in [2.75, 3.05) is 14.2 Å². The highest BCUT2D eigenvalue weighted by molar-refractivity contribution is 5.94. The van der Waals surface area contributed by atoms with E-state index in [-0.39, 0.29) is 12.2 Å². The molecule has 20 heavy (non-hydrogen) atoms. The van der Waals surface area contributed by atoms with Crippen molar-refractivity contribution in [2.45, 2.75) is 19.9 Å². The summed E-state index contributed by atoms with van der Waals surface area (Å²) in [5.41, 5.74) is 0.873. The van der Waals surface area contributed by atoms with E-state index in [9.17, 15) is 4.79 Å². The fourth-order valence-electron chi connectivity index (χ4n) is 2.07. The van der Waals surface area contributed by atoms with Crippen LogP contribution in [-0.2, 0) is 13.0 Å². The molecular formula is C15H18N2O3. The molecule has 0 amide bonds. The lowest BCUT2D eigenvalue weighted by molar-refractivity contribution is 0.0979. The Labute approximate surface area is 118 Å². The van der Waals surface area contributed by atoms with E-state index in [0.29, 0.717) is 17.3 Å². The summed E-state index contributed by atoms with van der Waals surface area (Å²) in [6.07, 6.45) is 3.74. The van der Waals surface area contributed by atoms with Gasteiger partial charge in [0.15, 0.2) is 17.3 Å². The third kappa shape index (κ3) is 2.82. The summed E-state index contributed by atoms with van der Waals surface area (Å²) in [7, 11) is 3.16. The number of imidazole rings is 1. The molecule has 0 saturated heterocycles. The highest BCUT2D eigenvalue weighted by Crippen LogP contribution is 2.27. The molecule has 0 radical (unpaired) electrons. The van der Waals surface area contributed by atoms with Crippen molar-refractivity contribution in [2.24, 2.45) is 0 Å². The zero-order valence-corrected chi connectivity index (χ0v) is 11.9. The van der Waals surface area contributed by atoms with Crippen LogP contribution in [0.5, 0.6) is 11.5 Å². The molecule has 0 atom stereocenters. The van der Waals surface area contributed by atoms with Gasteiger partial charge >= 0.3 is 0 Å². The number of methoxy groups -OCH3 is 2. The van der Waals surface area contributed by atoms with Crippen molar-refractivity contribution in [1.82, 2.24) is 9.55 Å². The Morgan fingerprint density at radius 2 is 2.00 bits per heavy atom. The number of Topliss-reactive ketones (excluding diaryl/α,β-unsaturated/α-hetero) is 1. The maximum Gasteiger partial charge on any atom is 0.202 e. The maximum atomic E-state index is 12.3. The molecule has 5 nitrogen and oxygen atoms in total. The molecule has 0 aliphatic heterocycles. The molecule has 0 spiro atoms. The predicted molar refractivity (Wildman–Crippen MR) is 75.5 cm³/mol. The Morgan fingerprint density at radius 3 is 2.65 bits per heavy atom. The number of carbonyl (C=O) groups is 1. The van der Waals surface area contributed by atoms with E-state index in [1.54, 1.807) is 26.5 Å². The molecule has 1 aromatic carbocycles. The summed E-state index contributed by atoms with van der Waals surface area (Å²) >= 11 is 0. The molecule has 2 aromatic rings. The molecule has 0 aliphatic carbocycles. The maximum absolute atomic E-state index is 12.3. The Hall–Kier alpha value is -2.30. The zero-order valence-electron chi connectivity index (χ0n) is 11.9. The Bertz CT molecular complexity index is 605. The molecule has 0 unspecified atom stereocenters. The standard InChI is InChI=1S/C15H18N2O3/c1-4-17-8-7-16-15(17)12(18)9-11-5-6-13(19-2)14(10-11)20-3/h5-8,10H,4,9H2,1-3H3. The first-order valence-corrected chi connectivity index (χ1v) is 6.44. The summed E-state index contributed by atoms with van der Waals surface area (Å²) in [6, 6.07) is 5.47. The first kappa shape index (κ1) is 14.1. The largest absolute Gasteiger partial charge is 0.493 e. The molecule has 106 valence electrons. The minimum absolute atomic E-state index is 0.0101. The molecule has 1 aromatic heterocycles. The third-order valence-electron chi connectivity index (χ3n) is 3.12. The molecule has 0 fully saturated rings. The second-order valence-electron chi connectivity index (χ2n) is 4.33. The van der Waals surface area contributed by atoms with Gasteiger partial charge in [0.2, 0.25) is 5.78 Å². The van der Waals surface area contributed by atoms with Gasteiger partial charge in [0.1, 0.15) is 0 Å². The van der Waals surface area contributed by atoms with E-state index < -0.39 is 0 Å². The van der Waals surface area contributed by atoms with Crippen molar-refractivity contribution >= 4 is 5.78 Å². The normalized spacial score (nSPS) is 10.3. The van der Waals surface area contributed by atoms with E-state index >= 15 is 0 Å². The fraction of sp³-hybridized carbons (Fsp3) is 0.333. The van der Waals surface area contributed by atoms with Gasteiger partial charge in [-0.1, -0.05) is 6.07 Å². The number of rotatable bonds is 6. The molecule has 1 heterocycles. The van der Waals surface area contributed by atoms with E-state index in [1.807, 2.05) is 29.8 Å². The average molecular weight is 274 g/mol. The second-order valence-corrected chi connectivity index (χ2v) is 4.33. The van der Waals surface area contributed by atoms with E-state index in [0.717, 1.165) is 12.1 Å². The van der Waals surface area contributed by atoms with Gasteiger partial charge in [0.25, 0.3) is 0 Å². The Morgan fingerprint density at radius 1 is 1.25 bits per heavy atom. The summed E-state index contributed by atoms with van der Waals surface area (Å²) in [5.74, 6) is 1.75. The van der Waals surface area contributed by atoms with Gasteiger partial charge in [-0.2, -0.15) is 0 Å². The van der Waals surface area contributed by atoms with Crippen LogP contribution >= 0.6 is 0 Å². The highest BCUT2D eigenvalue weighted by Gasteiger charge is 2.14. The van der Waals surface area contributed by atoms with Crippen molar-refractivity contribution in [3.8, 4) is 11.5 Å². The summed E-state index contributed by atoms with van der Waals surface area (Å²) in [4.78, 5) is 16.4. The van der Waals surface area contributed by atoms with Crippen molar-refractivity contribution in [3.05, 3.63) is 42.0 Å². The van der Waals surface area contributed by atoms with Crippen LogP contribution in [0.1, 0.15) is 23.1 Å². The minimum Gasteiger partial charge on any atom is -0.493 e. The lowest BCUT2D eigenvalue weighted by Crippen LogP contribution is -2.11. The van der Waals surface area contributed by atoms with Crippen LogP contribution < -0.4 is 9.47 Å². The fourth-order valence-corrected chi connectivity index (χ4v) is 2.07. The lowest BCUT2D eigenvalue weighted by Gasteiger charge is -2.09. The van der Waals surface area contributed by atoms with E-state index in [4.69, 9.17) is 9.47 Å². The molecule has 0 bridgehead atoms. The predicted octanol–water partition coefficient (Wildman–Crippen LogP) is 2.35. The number of hydrogen-bond acceptors (Lipinski definition) is 4. The van der Waals surface area contributed by atoms with E-state index in [2.05, 4.69) is 4.98 Å². The van der Waals surface area contributed by atoms with Crippen LogP contribution in [0, 0.1) is 0 Å². The molecule has 0 N–H and O–H groups in total. The van der Waals surface area contributed by atoms with Gasteiger partial charge < -0.3 is 14.0 Å². The summed E-state index contributed by atoms with van der Waals surface area (Å²) < 4.78 is 12.3. The molecule has 2 rings (SSSR count). The number of ketones is 1. The highest BCUT2D eigenvalue weighted by atomic mass is 16.5. The molecule has 0 aliphatic rings. The Kier molecular flexibility index (Phi) is 4.40. The van der Waals surface area contributed by atoms with Crippen molar-refractivity contribution in [3.63, 3.8) is 0 Å². The van der Waals surface area contributed by atoms with Gasteiger partial charge in [0, 0.05) is 25.4 Å². The number of aryl methyl sites for hydroxylation is 1. The van der Waals surface area contributed by atoms with Crippen LogP contribution in [-0.4, -0.2) is 29.6 Å². The molecule has 0 saturated carbocycles. The van der Waals surface area contributed by atoms with Crippen LogP contribution in [0.3, 0.4) is 0 Å². The minimum atomic E-state index is -0.0101. The number of nitrogens with zero attached hydrogens (tertiary/aromatic N) is 2. The zero-order chi connectivity index (χ0) is 14.5. The number of ether oxygens (including phenoxy) is 2. The monoisotopic (exact) mass is 274 g/mol. The lowest BCUT2D eigenvalue weighted by atomic mass is 10.1. The van der Waals surface area contributed by atoms with Crippen LogP contribution in [0.15, 0.2) is 30.6 Å². The molecular weight excluding hydrogens is 256 g/mol. The first-order valence-electron chi connectivity index (χ1n) is 6.44. The smallest absolute Gasteiger partial charge is 0.202 e. The number of carbonyl (C=O) groups excluding carboxylic acids is 1. The van der Waals surface area contributed by atoms with Gasteiger partial charge in [-0.05, 0) is 24.6 Å². The van der Waals surface area contributed by atoms with Crippen LogP contribution in [0.4, 0.5) is 0 Å². The summed E-state index contributed by atoms with van der Waals surface area (Å²) in [5, 5.41) is 0. The first-order chi connectivity index (χ1) is 9.69. The van der Waals surface area contributed by atoms with E-state index in [1.165, 1.54) is 0 Å². The molecule has 5 heteroatoms. The Balaban J connectivity index is 2.20. The SMILES string of the molecule is CCn1ccnc1C(=O)Cc1ccc(OC)c(OC)c1. The van der Waals surface area contributed by atoms with Crippen molar-refractivity contribution < 1.29 is 14.3 Å². The van der Waals surface area contributed by atoms with Gasteiger partial charge in [-0.3, -0.25) is 4.79 Å². The topological polar surface area (TPSA) is 53.4 Å².